The summed E-state index contributed by atoms with van der Waals surface area (Å²) in [5, 5.41) is 5.31. The Morgan fingerprint density at radius 3 is 2.47 bits per heavy atom. The number of rotatable bonds is 10. The minimum atomic E-state index is -4.76. The highest BCUT2D eigenvalue weighted by atomic mass is 32.2. The van der Waals surface area contributed by atoms with Crippen LogP contribution < -0.4 is 14.6 Å². The molecule has 6 nitrogen and oxygen atoms in total. The molecule has 0 aromatic heterocycles. The number of fused-ring (bicyclic) bond motifs is 1. The van der Waals surface area contributed by atoms with E-state index in [1.807, 2.05) is 20.8 Å². The monoisotopic (exact) mass is 527 g/mol. The molecule has 2 N–H and O–H groups in total. The van der Waals surface area contributed by atoms with Crippen molar-refractivity contribution in [1.82, 2.24) is 0 Å². The predicted octanol–water partition coefficient (Wildman–Crippen LogP) is 5.82. The third-order valence-corrected chi connectivity index (χ3v) is 7.39. The lowest BCUT2D eigenvalue weighted by Gasteiger charge is -2.31. The van der Waals surface area contributed by atoms with E-state index in [9.17, 15) is 26.4 Å². The number of carbonyl (C=O) groups excluding carboxylic acids is 1. The first-order chi connectivity index (χ1) is 16.6. The van der Waals surface area contributed by atoms with Crippen molar-refractivity contribution >= 4 is 15.8 Å². The summed E-state index contributed by atoms with van der Waals surface area (Å²) in [6.45, 7) is 6.45. The van der Waals surface area contributed by atoms with Crippen molar-refractivity contribution in [3.05, 3.63) is 53.1 Å². The summed E-state index contributed by atoms with van der Waals surface area (Å²) in [4.78, 5) is 12.7. The zero-order valence-corrected chi connectivity index (χ0v) is 21.5. The minimum Gasteiger partial charge on any atom is -0.492 e. The molecule has 1 atom stereocenters. The van der Waals surface area contributed by atoms with Crippen LogP contribution in [0.3, 0.4) is 0 Å². The summed E-state index contributed by atoms with van der Waals surface area (Å²) in [5.41, 5.74) is 1.24. The van der Waals surface area contributed by atoms with Crippen LogP contribution in [0.25, 0.3) is 0 Å². The molecule has 10 heteroatoms. The van der Waals surface area contributed by atoms with Crippen LogP contribution in [0.2, 0.25) is 0 Å². The number of ketones is 1. The van der Waals surface area contributed by atoms with E-state index >= 15 is 0 Å². The fraction of sp³-hybridized carbons (Fsp3) is 0.500. The van der Waals surface area contributed by atoms with Gasteiger partial charge in [0.05, 0.1) is 6.61 Å². The summed E-state index contributed by atoms with van der Waals surface area (Å²) in [5.74, 6) is -0.111. The number of nitrogens with two attached hydrogens (primary N) is 1. The SMILES string of the molecule is CC(C)(C)C(CCCCC(=O)c1cc2c(c(S(N)(=O)=O)c1)OCC2)Cc1ccccc1OC(F)(F)F. The first-order valence-corrected chi connectivity index (χ1v) is 13.4. The van der Waals surface area contributed by atoms with Gasteiger partial charge in [0.25, 0.3) is 0 Å². The van der Waals surface area contributed by atoms with Crippen molar-refractivity contribution in [2.45, 2.75) is 70.6 Å². The van der Waals surface area contributed by atoms with Gasteiger partial charge in [0.15, 0.2) is 5.78 Å². The second-order valence-electron chi connectivity index (χ2n) is 10.2. The van der Waals surface area contributed by atoms with Gasteiger partial charge in [0.2, 0.25) is 10.0 Å². The van der Waals surface area contributed by atoms with Crippen molar-refractivity contribution in [2.24, 2.45) is 16.5 Å². The number of hydrogen-bond donors (Lipinski definition) is 1. The van der Waals surface area contributed by atoms with Gasteiger partial charge in [0, 0.05) is 18.4 Å². The smallest absolute Gasteiger partial charge is 0.492 e. The number of para-hydroxylation sites is 1. The quantitative estimate of drug-likeness (QED) is 0.311. The number of Topliss-reactive ketones (excluding diaryl/α,β-unsaturated/α-hetero) is 1. The van der Waals surface area contributed by atoms with Crippen LogP contribution in [0.5, 0.6) is 11.5 Å². The van der Waals surface area contributed by atoms with E-state index in [0.717, 1.165) is 0 Å². The van der Waals surface area contributed by atoms with Crippen LogP contribution in [0.4, 0.5) is 13.2 Å². The highest BCUT2D eigenvalue weighted by Gasteiger charge is 2.33. The Morgan fingerprint density at radius 1 is 1.14 bits per heavy atom. The van der Waals surface area contributed by atoms with E-state index in [-0.39, 0.29) is 45.5 Å². The Kier molecular flexibility index (Phi) is 8.40. The van der Waals surface area contributed by atoms with Crippen molar-refractivity contribution < 1.29 is 35.9 Å². The van der Waals surface area contributed by atoms with E-state index in [4.69, 9.17) is 9.88 Å². The largest absolute Gasteiger partial charge is 0.573 e. The second kappa shape index (κ2) is 10.8. The van der Waals surface area contributed by atoms with Gasteiger partial charge in [-0.2, -0.15) is 0 Å². The molecular formula is C26H32F3NO5S. The second-order valence-corrected chi connectivity index (χ2v) is 11.7. The fourth-order valence-electron chi connectivity index (χ4n) is 4.47. The summed E-state index contributed by atoms with van der Waals surface area (Å²) < 4.78 is 72.0. The van der Waals surface area contributed by atoms with Gasteiger partial charge in [-0.1, -0.05) is 45.4 Å². The molecule has 1 heterocycles. The molecule has 0 saturated carbocycles. The van der Waals surface area contributed by atoms with E-state index in [1.54, 1.807) is 18.2 Å². The van der Waals surface area contributed by atoms with Gasteiger partial charge < -0.3 is 9.47 Å². The Balaban J connectivity index is 1.64. The molecule has 1 aliphatic heterocycles. The molecule has 0 radical (unpaired) electrons. The van der Waals surface area contributed by atoms with Crippen LogP contribution in [0.15, 0.2) is 41.3 Å². The minimum absolute atomic E-state index is 0.0525. The number of carbonyl (C=O) groups is 1. The summed E-state index contributed by atoms with van der Waals surface area (Å²) >= 11 is 0. The average Bonchev–Trinajstić information content (AvgIpc) is 3.22. The first-order valence-electron chi connectivity index (χ1n) is 11.8. The first kappa shape index (κ1) is 28.0. The van der Waals surface area contributed by atoms with Gasteiger partial charge in [-0.25, -0.2) is 13.6 Å². The summed E-state index contributed by atoms with van der Waals surface area (Å²) in [7, 11) is -4.04. The standard InChI is InChI=1S/C26H32F3NO5S/c1-25(2,3)20(15-17-8-4-7-11-22(17)35-26(27,28)29)9-5-6-10-21(31)19-14-18-12-13-34-24(18)23(16-19)36(30,32)33/h4,7-8,11,14,16,20H,5-6,9-10,12-13,15H2,1-3H3,(H2,30,32,33). The molecule has 0 bridgehead atoms. The zero-order valence-electron chi connectivity index (χ0n) is 20.7. The molecule has 0 spiro atoms. The normalized spacial score (nSPS) is 14.8. The molecule has 0 aliphatic carbocycles. The summed E-state index contributed by atoms with van der Waals surface area (Å²) in [6.07, 6.45) is -1.68. The van der Waals surface area contributed by atoms with Crippen LogP contribution in [-0.2, 0) is 22.9 Å². The number of hydrogen-bond acceptors (Lipinski definition) is 5. The average molecular weight is 528 g/mol. The van der Waals surface area contributed by atoms with Crippen molar-refractivity contribution in [1.29, 1.82) is 0 Å². The van der Waals surface area contributed by atoms with Gasteiger partial charge in [-0.05, 0) is 59.9 Å². The molecule has 0 amide bonds. The summed E-state index contributed by atoms with van der Waals surface area (Å²) in [6, 6.07) is 9.10. The van der Waals surface area contributed by atoms with E-state index in [1.165, 1.54) is 18.2 Å². The van der Waals surface area contributed by atoms with Crippen LogP contribution in [0, 0.1) is 11.3 Å². The number of ether oxygens (including phenoxy) is 2. The Morgan fingerprint density at radius 2 is 1.83 bits per heavy atom. The Labute approximate surface area is 210 Å². The molecule has 0 fully saturated rings. The van der Waals surface area contributed by atoms with Crippen LogP contribution >= 0.6 is 0 Å². The fourth-order valence-corrected chi connectivity index (χ4v) is 5.21. The maximum absolute atomic E-state index is 12.8. The Hall–Kier alpha value is -2.59. The number of alkyl halides is 3. The van der Waals surface area contributed by atoms with Crippen LogP contribution in [-0.4, -0.2) is 27.2 Å². The lowest BCUT2D eigenvalue weighted by atomic mass is 9.74. The van der Waals surface area contributed by atoms with Crippen molar-refractivity contribution in [3.63, 3.8) is 0 Å². The van der Waals surface area contributed by atoms with Crippen molar-refractivity contribution in [2.75, 3.05) is 6.61 Å². The third kappa shape index (κ3) is 7.46. The number of sulfonamides is 1. The third-order valence-electron chi connectivity index (χ3n) is 6.47. The van der Waals surface area contributed by atoms with Crippen molar-refractivity contribution in [3.8, 4) is 11.5 Å². The maximum Gasteiger partial charge on any atom is 0.573 e. The lowest BCUT2D eigenvalue weighted by Crippen LogP contribution is -2.24. The molecule has 2 aromatic rings. The molecule has 36 heavy (non-hydrogen) atoms. The van der Waals surface area contributed by atoms with Gasteiger partial charge in [-0.15, -0.1) is 13.2 Å². The van der Waals surface area contributed by atoms with E-state index < -0.39 is 16.4 Å². The zero-order chi connectivity index (χ0) is 26.7. The number of unbranched alkanes of at least 4 members (excludes halogenated alkanes) is 1. The highest BCUT2D eigenvalue weighted by molar-refractivity contribution is 7.89. The molecule has 3 rings (SSSR count). The number of primary sulfonamides is 1. The van der Waals surface area contributed by atoms with Gasteiger partial charge in [0.1, 0.15) is 16.4 Å². The number of benzene rings is 2. The molecular weight excluding hydrogens is 495 g/mol. The van der Waals surface area contributed by atoms with Gasteiger partial charge in [-0.3, -0.25) is 4.79 Å². The van der Waals surface area contributed by atoms with Crippen LogP contribution in [0.1, 0.15) is 67.9 Å². The molecule has 2 aromatic carbocycles. The predicted molar refractivity (Wildman–Crippen MR) is 130 cm³/mol. The molecule has 1 unspecified atom stereocenters. The highest BCUT2D eigenvalue weighted by Crippen LogP contribution is 2.37. The molecule has 1 aliphatic rings. The molecule has 0 saturated heterocycles. The number of halogens is 3. The Bertz CT molecular complexity index is 1200. The topological polar surface area (TPSA) is 95.7 Å². The maximum atomic E-state index is 12.8. The molecule has 198 valence electrons. The van der Waals surface area contributed by atoms with Gasteiger partial charge >= 0.3 is 6.36 Å². The lowest BCUT2D eigenvalue weighted by molar-refractivity contribution is -0.274. The van der Waals surface area contributed by atoms with E-state index in [2.05, 4.69) is 4.74 Å². The van der Waals surface area contributed by atoms with E-state index in [0.29, 0.717) is 49.8 Å².